The molecule has 0 amide bonds. The number of fused-ring (bicyclic) bond motifs is 4. The van der Waals surface area contributed by atoms with Crippen molar-refractivity contribution >= 4 is 57.3 Å². The summed E-state index contributed by atoms with van der Waals surface area (Å²) in [6.07, 6.45) is 1.94. The van der Waals surface area contributed by atoms with Gasteiger partial charge in [-0.3, -0.25) is 4.57 Å². The van der Waals surface area contributed by atoms with Crippen LogP contribution >= 0.6 is 0 Å². The van der Waals surface area contributed by atoms with Crippen LogP contribution in [0.25, 0.3) is 49.9 Å². The summed E-state index contributed by atoms with van der Waals surface area (Å²) in [5.74, 6) is 0.907. The van der Waals surface area contributed by atoms with E-state index >= 15 is 0 Å². The van der Waals surface area contributed by atoms with Crippen LogP contribution in [-0.2, 0) is 4.94 Å². The first-order chi connectivity index (χ1) is 24.5. The molecule has 0 spiro atoms. The number of hydrogen-bond acceptors (Lipinski definition) is 4. The van der Waals surface area contributed by atoms with E-state index in [-0.39, 0.29) is 0 Å². The lowest BCUT2D eigenvalue weighted by molar-refractivity contribution is 0.142. The van der Waals surface area contributed by atoms with Crippen LogP contribution in [0.4, 0.5) is 17.1 Å². The summed E-state index contributed by atoms with van der Waals surface area (Å²) in [5.41, 5.74) is 10.2. The molecule has 5 nitrogen and oxygen atoms in total. The predicted octanol–water partition coefficient (Wildman–Crippen LogP) is 9.77. The zero-order valence-electron chi connectivity index (χ0n) is 28.3. The van der Waals surface area contributed by atoms with Gasteiger partial charge in [0.2, 0.25) is 0 Å². The van der Waals surface area contributed by atoms with E-state index < -0.39 is 8.07 Å². The van der Waals surface area contributed by atoms with Crippen LogP contribution in [-0.4, -0.2) is 24.7 Å². The summed E-state index contributed by atoms with van der Waals surface area (Å²) >= 11 is 0. The molecular weight excluding hydrogens is 629 g/mol. The van der Waals surface area contributed by atoms with E-state index in [2.05, 4.69) is 169 Å². The van der Waals surface area contributed by atoms with Crippen LogP contribution < -0.4 is 20.5 Å². The number of anilines is 3. The summed E-state index contributed by atoms with van der Waals surface area (Å²) < 4.78 is 2.34. The number of benzene rings is 6. The van der Waals surface area contributed by atoms with Gasteiger partial charge in [-0.15, -0.1) is 4.94 Å². The number of hydrogen-bond donors (Lipinski definition) is 0. The molecule has 0 atom stereocenters. The Morgan fingerprint density at radius 3 is 2.06 bits per heavy atom. The normalized spacial score (nSPS) is 12.9. The first kappa shape index (κ1) is 30.1. The van der Waals surface area contributed by atoms with Crippen LogP contribution in [0.1, 0.15) is 0 Å². The smallest absolute Gasteiger partial charge is 0.138 e. The molecule has 0 saturated heterocycles. The Morgan fingerprint density at radius 1 is 0.540 bits per heavy atom. The van der Waals surface area contributed by atoms with Gasteiger partial charge in [0.15, 0.2) is 0 Å². The molecule has 1 aliphatic heterocycles. The first-order valence-electron chi connectivity index (χ1n) is 17.0. The highest BCUT2D eigenvalue weighted by molar-refractivity contribution is 7.00. The fourth-order valence-electron chi connectivity index (χ4n) is 7.41. The average Bonchev–Trinajstić information content (AvgIpc) is 3.69. The number of nitrogens with zero attached hydrogens (tertiary/aromatic N) is 4. The third-order valence-electron chi connectivity index (χ3n) is 10.1. The first-order valence-corrected chi connectivity index (χ1v) is 20.0. The minimum absolute atomic E-state index is 0.907. The molecule has 1 aliphatic rings. The maximum Gasteiger partial charge on any atom is 0.138 e. The Kier molecular flexibility index (Phi) is 7.16. The van der Waals surface area contributed by atoms with Crippen molar-refractivity contribution in [1.29, 1.82) is 0 Å². The van der Waals surface area contributed by atoms with Gasteiger partial charge in [-0.05, 0) is 70.8 Å². The van der Waals surface area contributed by atoms with Gasteiger partial charge in [-0.1, -0.05) is 133 Å². The van der Waals surface area contributed by atoms with Crippen molar-refractivity contribution in [2.75, 3.05) is 17.2 Å². The van der Waals surface area contributed by atoms with Gasteiger partial charge in [-0.25, -0.2) is 10.0 Å². The largest absolute Gasteiger partial charge is 0.294 e. The predicted molar refractivity (Wildman–Crippen MR) is 211 cm³/mol. The lowest BCUT2D eigenvalue weighted by Gasteiger charge is -2.26. The highest BCUT2D eigenvalue weighted by Gasteiger charge is 2.31. The zero-order valence-corrected chi connectivity index (χ0v) is 29.3. The van der Waals surface area contributed by atoms with Crippen LogP contribution in [0.3, 0.4) is 0 Å². The lowest BCUT2D eigenvalue weighted by Crippen LogP contribution is -2.52. The Balaban J connectivity index is 1.16. The number of rotatable bonds is 6. The molecule has 0 aliphatic carbocycles. The molecule has 9 rings (SSSR count). The minimum atomic E-state index is -2.17. The van der Waals surface area contributed by atoms with Crippen molar-refractivity contribution in [2.45, 2.75) is 13.1 Å². The lowest BCUT2D eigenvalue weighted by atomic mass is 9.95. The molecule has 0 N–H and O–H groups in total. The minimum Gasteiger partial charge on any atom is -0.294 e. The third kappa shape index (κ3) is 4.92. The van der Waals surface area contributed by atoms with Gasteiger partial charge in [0.05, 0.1) is 28.1 Å². The SMILES string of the molecule is CN1ON(c2cccc([Si](C)(C)c3ccc4c5ccccc5n(-c5cc(-c6ccccc6-c6ccccc6)ccn5)c4c3)c2)c2ccccc21. The van der Waals surface area contributed by atoms with E-state index in [9.17, 15) is 0 Å². The van der Waals surface area contributed by atoms with Gasteiger partial charge >= 0.3 is 0 Å². The molecular formula is C44H36N4OSi. The monoisotopic (exact) mass is 664 g/mol. The second kappa shape index (κ2) is 11.9. The fourth-order valence-corrected chi connectivity index (χ4v) is 9.76. The molecule has 2 aromatic heterocycles. The van der Waals surface area contributed by atoms with Crippen molar-refractivity contribution in [2.24, 2.45) is 0 Å². The number of aromatic nitrogens is 2. The molecule has 0 saturated carbocycles. The summed E-state index contributed by atoms with van der Waals surface area (Å²) in [6, 6.07) is 56.5. The van der Waals surface area contributed by atoms with E-state index in [4.69, 9.17) is 9.92 Å². The average molecular weight is 665 g/mol. The van der Waals surface area contributed by atoms with E-state index in [1.807, 2.05) is 29.4 Å². The van der Waals surface area contributed by atoms with Crippen molar-refractivity contribution in [3.8, 4) is 28.1 Å². The van der Waals surface area contributed by atoms with Crippen molar-refractivity contribution in [3.63, 3.8) is 0 Å². The quantitative estimate of drug-likeness (QED) is 0.166. The van der Waals surface area contributed by atoms with Crippen LogP contribution in [0.5, 0.6) is 0 Å². The molecule has 6 heteroatoms. The molecule has 0 bridgehead atoms. The van der Waals surface area contributed by atoms with Crippen molar-refractivity contribution in [3.05, 3.63) is 164 Å². The number of pyridine rings is 1. The van der Waals surface area contributed by atoms with Gasteiger partial charge in [0, 0.05) is 24.0 Å². The van der Waals surface area contributed by atoms with Gasteiger partial charge in [0.25, 0.3) is 0 Å². The maximum atomic E-state index is 6.19. The van der Waals surface area contributed by atoms with Crippen molar-refractivity contribution in [1.82, 2.24) is 9.55 Å². The van der Waals surface area contributed by atoms with E-state index in [0.29, 0.717) is 0 Å². The molecule has 0 radical (unpaired) electrons. The summed E-state index contributed by atoms with van der Waals surface area (Å²) in [4.78, 5) is 11.2. The highest BCUT2D eigenvalue weighted by atomic mass is 28.3. The maximum absolute atomic E-state index is 6.19. The summed E-state index contributed by atoms with van der Waals surface area (Å²) in [7, 11) is -0.228. The third-order valence-corrected chi connectivity index (χ3v) is 13.6. The Labute approximate surface area is 293 Å². The molecule has 3 heterocycles. The van der Waals surface area contributed by atoms with E-state index in [1.54, 1.807) is 0 Å². The van der Waals surface area contributed by atoms with Crippen LogP contribution in [0.15, 0.2) is 164 Å². The summed E-state index contributed by atoms with van der Waals surface area (Å²) in [5, 5.41) is 8.90. The second-order valence-corrected chi connectivity index (χ2v) is 17.8. The van der Waals surface area contributed by atoms with Crippen LogP contribution in [0.2, 0.25) is 13.1 Å². The molecule has 0 fully saturated rings. The van der Waals surface area contributed by atoms with Gasteiger partial charge in [-0.2, -0.15) is 5.06 Å². The summed E-state index contributed by atoms with van der Waals surface area (Å²) in [6.45, 7) is 4.87. The highest BCUT2D eigenvalue weighted by Crippen LogP contribution is 2.40. The molecule has 6 aromatic carbocycles. The number of hydroxylamine groups is 1. The topological polar surface area (TPSA) is 33.5 Å². The van der Waals surface area contributed by atoms with Gasteiger partial charge in [0.1, 0.15) is 13.9 Å². The molecule has 242 valence electrons. The van der Waals surface area contributed by atoms with Gasteiger partial charge < -0.3 is 0 Å². The van der Waals surface area contributed by atoms with E-state index in [0.717, 1.165) is 34.0 Å². The van der Waals surface area contributed by atoms with E-state index in [1.165, 1.54) is 43.4 Å². The Hall–Kier alpha value is -5.95. The number of para-hydroxylation sites is 3. The molecule has 50 heavy (non-hydrogen) atoms. The second-order valence-electron chi connectivity index (χ2n) is 13.4. The zero-order chi connectivity index (χ0) is 33.8. The standard InChI is InChI=1S/C44H36N4OSi/c1-46-41-22-11-12-23-42(41)48(49-46)33-16-13-17-34(29-33)50(2,3)35-24-25-39-38-20-9-10-21-40(38)47(43(39)30-35)44-28-32(26-27-45-44)37-19-8-7-18-36(37)31-14-5-4-6-15-31/h4-30H,1-3H3. The molecule has 0 unspecified atom stereocenters. The van der Waals surface area contributed by atoms with Crippen LogP contribution in [0, 0.1) is 0 Å². The molecule has 8 aromatic rings. The fraction of sp³-hybridized carbons (Fsp3) is 0.0682. The Morgan fingerprint density at radius 2 is 1.22 bits per heavy atom. The van der Waals surface area contributed by atoms with Crippen molar-refractivity contribution < 1.29 is 4.94 Å². The Bertz CT molecular complexity index is 2540.